The van der Waals surface area contributed by atoms with Gasteiger partial charge in [0.2, 0.25) is 0 Å². The Bertz CT molecular complexity index is 656. The first-order valence-corrected chi connectivity index (χ1v) is 6.58. The number of aromatic amines is 1. The monoisotopic (exact) mass is 284 g/mol. The lowest BCUT2D eigenvalue weighted by Gasteiger charge is -2.05. The zero-order valence-electron chi connectivity index (χ0n) is 11.9. The Balaban J connectivity index is 1.99. The first-order chi connectivity index (χ1) is 10.1. The summed E-state index contributed by atoms with van der Waals surface area (Å²) in [5.74, 6) is 0.308. The summed E-state index contributed by atoms with van der Waals surface area (Å²) in [4.78, 5) is 11.7. The van der Waals surface area contributed by atoms with Crippen molar-refractivity contribution in [1.29, 1.82) is 5.26 Å². The molecule has 1 heterocycles. The van der Waals surface area contributed by atoms with Crippen LogP contribution in [0.5, 0.6) is 0 Å². The highest BCUT2D eigenvalue weighted by Crippen LogP contribution is 2.22. The Kier molecular flexibility index (Phi) is 4.57. The number of nitrogens with one attached hydrogen (secondary N) is 2. The molecule has 1 amide bonds. The quantitative estimate of drug-likeness (QED) is 0.902. The smallest absolute Gasteiger partial charge is 0.413 e. The fourth-order valence-electron chi connectivity index (χ4n) is 1.83. The fraction of sp³-hybridized carbons (Fsp3) is 0.267. The molecule has 0 aliphatic carbocycles. The van der Waals surface area contributed by atoms with E-state index in [2.05, 4.69) is 15.5 Å². The molecule has 0 unspecified atom stereocenters. The second-order valence-corrected chi connectivity index (χ2v) is 4.81. The summed E-state index contributed by atoms with van der Waals surface area (Å²) >= 11 is 0. The van der Waals surface area contributed by atoms with Crippen molar-refractivity contribution in [2.75, 3.05) is 5.32 Å². The number of benzene rings is 1. The van der Waals surface area contributed by atoms with E-state index in [1.807, 2.05) is 50.2 Å². The number of carbonyl (C=O) groups excluding carboxylic acids is 1. The highest BCUT2D eigenvalue weighted by Gasteiger charge is 2.17. The molecule has 6 nitrogen and oxygen atoms in total. The largest absolute Gasteiger partial charge is 0.444 e. The number of anilines is 1. The van der Waals surface area contributed by atoms with Gasteiger partial charge in [-0.1, -0.05) is 44.2 Å². The van der Waals surface area contributed by atoms with E-state index in [0.717, 1.165) is 5.56 Å². The molecule has 2 N–H and O–H groups in total. The maximum absolute atomic E-state index is 11.7. The minimum Gasteiger partial charge on any atom is -0.444 e. The SMILES string of the molecule is CC(C)c1[nH]nc(NC(=O)OCc2ccccc2)c1C#N. The number of aromatic nitrogens is 2. The molecule has 0 aliphatic rings. The maximum Gasteiger partial charge on any atom is 0.413 e. The lowest BCUT2D eigenvalue weighted by molar-refractivity contribution is 0.155. The van der Waals surface area contributed by atoms with Crippen LogP contribution in [0.15, 0.2) is 30.3 Å². The molecule has 0 aliphatic heterocycles. The number of nitrogens with zero attached hydrogens (tertiary/aromatic N) is 2. The van der Waals surface area contributed by atoms with Gasteiger partial charge in [-0.05, 0) is 11.5 Å². The van der Waals surface area contributed by atoms with E-state index in [1.165, 1.54) is 0 Å². The average molecular weight is 284 g/mol. The van der Waals surface area contributed by atoms with E-state index in [4.69, 9.17) is 10.00 Å². The van der Waals surface area contributed by atoms with Crippen LogP contribution in [0.25, 0.3) is 0 Å². The number of ether oxygens (including phenoxy) is 1. The lowest BCUT2D eigenvalue weighted by atomic mass is 10.1. The van der Waals surface area contributed by atoms with Crippen LogP contribution >= 0.6 is 0 Å². The molecular weight excluding hydrogens is 268 g/mol. The summed E-state index contributed by atoms with van der Waals surface area (Å²) in [6, 6.07) is 11.4. The Morgan fingerprint density at radius 2 is 2.14 bits per heavy atom. The van der Waals surface area contributed by atoms with Gasteiger partial charge in [-0.2, -0.15) is 10.4 Å². The van der Waals surface area contributed by atoms with Gasteiger partial charge in [0.1, 0.15) is 18.2 Å². The summed E-state index contributed by atoms with van der Waals surface area (Å²) in [7, 11) is 0. The van der Waals surface area contributed by atoms with E-state index in [1.54, 1.807) is 0 Å². The van der Waals surface area contributed by atoms with Crippen LogP contribution in [0.1, 0.15) is 36.6 Å². The van der Waals surface area contributed by atoms with Crippen molar-refractivity contribution in [1.82, 2.24) is 10.2 Å². The summed E-state index contributed by atoms with van der Waals surface area (Å²) < 4.78 is 5.09. The van der Waals surface area contributed by atoms with E-state index in [0.29, 0.717) is 11.3 Å². The molecule has 0 saturated carbocycles. The molecule has 6 heteroatoms. The van der Waals surface area contributed by atoms with Gasteiger partial charge >= 0.3 is 6.09 Å². The highest BCUT2D eigenvalue weighted by molar-refractivity contribution is 5.85. The molecule has 2 aromatic rings. The van der Waals surface area contributed by atoms with Crippen molar-refractivity contribution in [2.24, 2.45) is 0 Å². The molecule has 0 bridgehead atoms. The van der Waals surface area contributed by atoms with Crippen molar-refractivity contribution >= 4 is 11.9 Å². The van der Waals surface area contributed by atoms with Gasteiger partial charge in [0.25, 0.3) is 0 Å². The number of amides is 1. The summed E-state index contributed by atoms with van der Waals surface area (Å²) in [5.41, 5.74) is 1.91. The van der Waals surface area contributed by atoms with E-state index in [-0.39, 0.29) is 18.3 Å². The minimum absolute atomic E-state index is 0.114. The molecule has 0 atom stereocenters. The van der Waals surface area contributed by atoms with Gasteiger partial charge in [0.05, 0.1) is 5.69 Å². The molecule has 1 aromatic carbocycles. The van der Waals surface area contributed by atoms with Crippen molar-refractivity contribution in [2.45, 2.75) is 26.4 Å². The van der Waals surface area contributed by atoms with Crippen molar-refractivity contribution in [3.05, 3.63) is 47.2 Å². The number of carbonyl (C=O) groups is 1. The lowest BCUT2D eigenvalue weighted by Crippen LogP contribution is -2.14. The third-order valence-electron chi connectivity index (χ3n) is 2.92. The first-order valence-electron chi connectivity index (χ1n) is 6.58. The van der Waals surface area contributed by atoms with Crippen LogP contribution in [0.4, 0.5) is 10.6 Å². The van der Waals surface area contributed by atoms with Crippen LogP contribution in [-0.4, -0.2) is 16.3 Å². The predicted octanol–water partition coefficient (Wildman–Crippen LogP) is 3.15. The fourth-order valence-corrected chi connectivity index (χ4v) is 1.83. The van der Waals surface area contributed by atoms with E-state index in [9.17, 15) is 4.79 Å². The number of rotatable bonds is 4. The summed E-state index contributed by atoms with van der Waals surface area (Å²) in [6.07, 6.45) is -0.642. The van der Waals surface area contributed by atoms with Crippen molar-refractivity contribution in [3.63, 3.8) is 0 Å². The summed E-state index contributed by atoms with van der Waals surface area (Å²) in [5, 5.41) is 18.3. The van der Waals surface area contributed by atoms with Crippen LogP contribution in [-0.2, 0) is 11.3 Å². The Labute approximate surface area is 122 Å². The Hall–Kier alpha value is -2.81. The standard InChI is InChI=1S/C15H16N4O2/c1-10(2)13-12(8-16)14(19-18-13)17-15(20)21-9-11-6-4-3-5-7-11/h3-7,10H,9H2,1-2H3,(H2,17,18,19,20). The molecule has 108 valence electrons. The minimum atomic E-state index is -0.642. The molecule has 0 radical (unpaired) electrons. The Morgan fingerprint density at radius 1 is 1.43 bits per heavy atom. The second-order valence-electron chi connectivity index (χ2n) is 4.81. The van der Waals surface area contributed by atoms with Gasteiger partial charge in [0, 0.05) is 0 Å². The van der Waals surface area contributed by atoms with Gasteiger partial charge in [0.15, 0.2) is 5.82 Å². The molecule has 21 heavy (non-hydrogen) atoms. The molecular formula is C15H16N4O2. The number of hydrogen-bond acceptors (Lipinski definition) is 4. The second kappa shape index (κ2) is 6.57. The topological polar surface area (TPSA) is 90.8 Å². The molecule has 0 spiro atoms. The van der Waals surface area contributed by atoms with Crippen molar-refractivity contribution in [3.8, 4) is 6.07 Å². The Morgan fingerprint density at radius 3 is 2.76 bits per heavy atom. The zero-order valence-corrected chi connectivity index (χ0v) is 11.9. The van der Waals surface area contributed by atoms with Gasteiger partial charge in [-0.25, -0.2) is 4.79 Å². The predicted molar refractivity (Wildman–Crippen MR) is 77.6 cm³/mol. The normalized spacial score (nSPS) is 10.2. The first kappa shape index (κ1) is 14.6. The van der Waals surface area contributed by atoms with E-state index >= 15 is 0 Å². The van der Waals surface area contributed by atoms with Crippen LogP contribution < -0.4 is 5.32 Å². The van der Waals surface area contributed by atoms with Crippen molar-refractivity contribution < 1.29 is 9.53 Å². The number of H-pyrrole nitrogens is 1. The number of nitriles is 1. The van der Waals surface area contributed by atoms with Crippen LogP contribution in [0.3, 0.4) is 0 Å². The molecule has 0 saturated heterocycles. The summed E-state index contributed by atoms with van der Waals surface area (Å²) in [6.45, 7) is 4.04. The van der Waals surface area contributed by atoms with E-state index < -0.39 is 6.09 Å². The van der Waals surface area contributed by atoms with Gasteiger partial charge in [-0.15, -0.1) is 0 Å². The highest BCUT2D eigenvalue weighted by atomic mass is 16.5. The van der Waals surface area contributed by atoms with Crippen LogP contribution in [0, 0.1) is 11.3 Å². The van der Waals surface area contributed by atoms with Crippen LogP contribution in [0.2, 0.25) is 0 Å². The molecule has 0 fully saturated rings. The maximum atomic E-state index is 11.7. The molecule has 2 rings (SSSR count). The van der Waals surface area contributed by atoms with Gasteiger partial charge < -0.3 is 4.74 Å². The van der Waals surface area contributed by atoms with Gasteiger partial charge in [-0.3, -0.25) is 10.4 Å². The number of hydrogen-bond donors (Lipinski definition) is 2. The zero-order chi connectivity index (χ0) is 15.2. The average Bonchev–Trinajstić information content (AvgIpc) is 2.89. The third kappa shape index (κ3) is 3.60. The third-order valence-corrected chi connectivity index (χ3v) is 2.92. The molecule has 1 aromatic heterocycles.